The molecule has 4 N–H and O–H groups in total. The van der Waals surface area contributed by atoms with E-state index >= 15 is 0 Å². The maximum absolute atomic E-state index is 11.9. The predicted octanol–water partition coefficient (Wildman–Crippen LogP) is 1.55. The van der Waals surface area contributed by atoms with Crippen molar-refractivity contribution in [2.24, 2.45) is 11.7 Å². The minimum atomic E-state index is -0.631. The molecule has 1 rings (SSSR count). The number of nitrogens with two attached hydrogens (primary N) is 1. The van der Waals surface area contributed by atoms with Crippen molar-refractivity contribution >= 4 is 29.9 Å². The Hall–Kier alpha value is -1.99. The van der Waals surface area contributed by atoms with Gasteiger partial charge in [0.2, 0.25) is 11.8 Å². The summed E-state index contributed by atoms with van der Waals surface area (Å²) in [5, 5.41) is 5.19. The smallest absolute Gasteiger partial charge is 0.243 e. The number of halogens is 1. The minimum absolute atomic E-state index is 0. The minimum Gasteiger partial charge on any atom is -0.493 e. The van der Waals surface area contributed by atoms with E-state index in [1.807, 2.05) is 20.8 Å². The molecule has 1 aromatic rings. The summed E-state index contributed by atoms with van der Waals surface area (Å²) >= 11 is 0. The van der Waals surface area contributed by atoms with Crippen LogP contribution in [0.2, 0.25) is 0 Å². The Bertz CT molecular complexity index is 552. The van der Waals surface area contributed by atoms with E-state index in [0.29, 0.717) is 23.8 Å². The van der Waals surface area contributed by atoms with Crippen LogP contribution in [-0.2, 0) is 9.59 Å². The average molecular weight is 360 g/mol. The van der Waals surface area contributed by atoms with Crippen molar-refractivity contribution in [2.45, 2.75) is 26.8 Å². The van der Waals surface area contributed by atoms with Gasteiger partial charge in [-0.25, -0.2) is 0 Å². The van der Waals surface area contributed by atoms with Crippen LogP contribution in [0.1, 0.15) is 20.8 Å². The number of anilines is 1. The van der Waals surface area contributed by atoms with Gasteiger partial charge in [0.25, 0.3) is 0 Å². The molecule has 0 aliphatic rings. The highest BCUT2D eigenvalue weighted by Gasteiger charge is 2.17. The lowest BCUT2D eigenvalue weighted by Crippen LogP contribution is -2.46. The third kappa shape index (κ3) is 6.64. The monoisotopic (exact) mass is 359 g/mol. The molecule has 0 heterocycles. The molecule has 0 spiro atoms. The molecule has 136 valence electrons. The highest BCUT2D eigenvalue weighted by atomic mass is 35.5. The first kappa shape index (κ1) is 22.0. The van der Waals surface area contributed by atoms with Crippen molar-refractivity contribution < 1.29 is 19.1 Å². The van der Waals surface area contributed by atoms with Gasteiger partial charge in [0.15, 0.2) is 11.5 Å². The molecule has 0 aliphatic carbocycles. The molecule has 0 fully saturated rings. The van der Waals surface area contributed by atoms with Gasteiger partial charge in [-0.1, -0.05) is 13.8 Å². The summed E-state index contributed by atoms with van der Waals surface area (Å²) in [5.74, 6) is 0.438. The van der Waals surface area contributed by atoms with Gasteiger partial charge in [-0.05, 0) is 25.0 Å². The molecule has 0 aromatic heterocycles. The SMILES string of the molecule is CCOc1ccc(NC(=O)CNC(=O)[C@@H](N)C(C)C)cc1OC.Cl. The lowest BCUT2D eigenvalue weighted by atomic mass is 10.1. The largest absolute Gasteiger partial charge is 0.493 e. The van der Waals surface area contributed by atoms with Crippen LogP contribution < -0.4 is 25.8 Å². The molecule has 7 nitrogen and oxygen atoms in total. The van der Waals surface area contributed by atoms with Crippen LogP contribution in [0.25, 0.3) is 0 Å². The highest BCUT2D eigenvalue weighted by molar-refractivity contribution is 5.95. The van der Waals surface area contributed by atoms with E-state index < -0.39 is 6.04 Å². The second-order valence-electron chi connectivity index (χ2n) is 5.33. The van der Waals surface area contributed by atoms with Gasteiger partial charge in [0.1, 0.15) is 0 Å². The number of carbonyl (C=O) groups is 2. The van der Waals surface area contributed by atoms with E-state index in [1.165, 1.54) is 7.11 Å². The quantitative estimate of drug-likeness (QED) is 0.653. The zero-order valence-electron chi connectivity index (χ0n) is 14.4. The molecule has 1 aromatic carbocycles. The normalized spacial score (nSPS) is 11.2. The molecule has 0 radical (unpaired) electrons. The Morgan fingerprint density at radius 1 is 1.25 bits per heavy atom. The highest BCUT2D eigenvalue weighted by Crippen LogP contribution is 2.30. The Morgan fingerprint density at radius 3 is 2.46 bits per heavy atom. The first-order valence-corrected chi connectivity index (χ1v) is 7.53. The van der Waals surface area contributed by atoms with E-state index in [0.717, 1.165) is 0 Å². The Morgan fingerprint density at radius 2 is 1.92 bits per heavy atom. The standard InChI is InChI=1S/C16H25N3O4.ClH/c1-5-23-12-7-6-11(8-13(12)22-4)19-14(20)9-18-16(21)15(17)10(2)3;/h6-8,10,15H,5,9,17H2,1-4H3,(H,18,21)(H,19,20);1H/t15-;/m0./s1. The predicted molar refractivity (Wildman–Crippen MR) is 95.9 cm³/mol. The van der Waals surface area contributed by atoms with Crippen molar-refractivity contribution in [1.82, 2.24) is 5.32 Å². The van der Waals surface area contributed by atoms with E-state index in [4.69, 9.17) is 15.2 Å². The number of rotatable bonds is 8. The van der Waals surface area contributed by atoms with Crippen LogP contribution in [0.5, 0.6) is 11.5 Å². The second kappa shape index (κ2) is 10.7. The zero-order chi connectivity index (χ0) is 17.4. The molecular formula is C16H26ClN3O4. The molecular weight excluding hydrogens is 334 g/mol. The van der Waals surface area contributed by atoms with Crippen LogP contribution >= 0.6 is 12.4 Å². The Kier molecular flexibility index (Phi) is 9.83. The summed E-state index contributed by atoms with van der Waals surface area (Å²) in [6.07, 6.45) is 0. The number of benzene rings is 1. The molecule has 0 saturated heterocycles. The van der Waals surface area contributed by atoms with Crippen molar-refractivity contribution in [3.8, 4) is 11.5 Å². The van der Waals surface area contributed by atoms with E-state index in [9.17, 15) is 9.59 Å². The summed E-state index contributed by atoms with van der Waals surface area (Å²) < 4.78 is 10.6. The zero-order valence-corrected chi connectivity index (χ0v) is 15.2. The maximum Gasteiger partial charge on any atom is 0.243 e. The first-order valence-electron chi connectivity index (χ1n) is 7.53. The van der Waals surface area contributed by atoms with Crippen LogP contribution in [0, 0.1) is 5.92 Å². The van der Waals surface area contributed by atoms with Gasteiger partial charge in [-0.3, -0.25) is 9.59 Å². The summed E-state index contributed by atoms with van der Waals surface area (Å²) in [4.78, 5) is 23.6. The molecule has 0 bridgehead atoms. The number of carbonyl (C=O) groups excluding carboxylic acids is 2. The molecule has 8 heteroatoms. The van der Waals surface area contributed by atoms with Gasteiger partial charge in [0.05, 0.1) is 26.3 Å². The number of hydrogen-bond donors (Lipinski definition) is 3. The summed E-state index contributed by atoms with van der Waals surface area (Å²) in [6, 6.07) is 4.44. The molecule has 1 atom stereocenters. The number of methoxy groups -OCH3 is 1. The fraction of sp³-hybridized carbons (Fsp3) is 0.500. The van der Waals surface area contributed by atoms with Gasteiger partial charge < -0.3 is 25.8 Å². The Balaban J connectivity index is 0.00000529. The summed E-state index contributed by atoms with van der Waals surface area (Å²) in [5.41, 5.74) is 6.26. The molecule has 0 aliphatic heterocycles. The van der Waals surface area contributed by atoms with E-state index in [2.05, 4.69) is 10.6 Å². The number of amides is 2. The molecule has 24 heavy (non-hydrogen) atoms. The fourth-order valence-corrected chi connectivity index (χ4v) is 1.81. The van der Waals surface area contributed by atoms with E-state index in [-0.39, 0.29) is 36.7 Å². The van der Waals surface area contributed by atoms with Gasteiger partial charge in [-0.2, -0.15) is 0 Å². The number of ether oxygens (including phenoxy) is 2. The third-order valence-electron chi connectivity index (χ3n) is 3.19. The van der Waals surface area contributed by atoms with Gasteiger partial charge in [0, 0.05) is 11.8 Å². The van der Waals surface area contributed by atoms with E-state index in [1.54, 1.807) is 18.2 Å². The lowest BCUT2D eigenvalue weighted by Gasteiger charge is -2.15. The van der Waals surface area contributed by atoms with Gasteiger partial charge in [-0.15, -0.1) is 12.4 Å². The fourth-order valence-electron chi connectivity index (χ4n) is 1.81. The first-order chi connectivity index (χ1) is 10.9. The third-order valence-corrected chi connectivity index (χ3v) is 3.19. The molecule has 2 amide bonds. The average Bonchev–Trinajstić information content (AvgIpc) is 2.53. The number of hydrogen-bond acceptors (Lipinski definition) is 5. The van der Waals surface area contributed by atoms with Crippen molar-refractivity contribution in [1.29, 1.82) is 0 Å². The summed E-state index contributed by atoms with van der Waals surface area (Å²) in [6.45, 7) is 5.94. The van der Waals surface area contributed by atoms with Crippen LogP contribution in [0.4, 0.5) is 5.69 Å². The Labute approximate surface area is 148 Å². The lowest BCUT2D eigenvalue weighted by molar-refractivity contribution is -0.125. The van der Waals surface area contributed by atoms with Gasteiger partial charge >= 0.3 is 0 Å². The van der Waals surface area contributed by atoms with Crippen LogP contribution in [0.15, 0.2) is 18.2 Å². The molecule has 0 saturated carbocycles. The molecule has 0 unspecified atom stereocenters. The maximum atomic E-state index is 11.9. The summed E-state index contributed by atoms with van der Waals surface area (Å²) in [7, 11) is 1.52. The van der Waals surface area contributed by atoms with Crippen LogP contribution in [0.3, 0.4) is 0 Å². The number of nitrogens with one attached hydrogen (secondary N) is 2. The van der Waals surface area contributed by atoms with Crippen molar-refractivity contribution in [2.75, 3.05) is 25.6 Å². The van der Waals surface area contributed by atoms with Crippen molar-refractivity contribution in [3.63, 3.8) is 0 Å². The topological polar surface area (TPSA) is 103 Å². The van der Waals surface area contributed by atoms with Crippen LogP contribution in [-0.4, -0.2) is 38.1 Å². The second-order valence-corrected chi connectivity index (χ2v) is 5.33. The van der Waals surface area contributed by atoms with Crippen molar-refractivity contribution in [3.05, 3.63) is 18.2 Å².